The fourth-order valence-electron chi connectivity index (χ4n) is 0.970. The second-order valence-electron chi connectivity index (χ2n) is 2.57. The molecule has 0 saturated heterocycles. The van der Waals surface area contributed by atoms with E-state index >= 15 is 0 Å². The molecule has 0 atom stereocenters. The van der Waals surface area contributed by atoms with E-state index in [0.29, 0.717) is 19.6 Å². The first-order valence-electron chi connectivity index (χ1n) is 4.42. The predicted molar refractivity (Wildman–Crippen MR) is 48.5 cm³/mol. The van der Waals surface area contributed by atoms with E-state index in [4.69, 9.17) is 14.2 Å². The summed E-state index contributed by atoms with van der Waals surface area (Å²) in [5, 5.41) is 0. The molecule has 0 aliphatic rings. The standard InChI is InChI=1S/C9H18O4/c1-4-13-7-5-6-8(10)9(11-2)12-3/h9H,4-7H2,1-3H3. The maximum absolute atomic E-state index is 11.3. The SMILES string of the molecule is CCOCCCC(=O)C(OC)OC. The summed E-state index contributed by atoms with van der Waals surface area (Å²) in [6, 6.07) is 0. The van der Waals surface area contributed by atoms with Gasteiger partial charge in [-0.05, 0) is 13.3 Å². The normalized spacial score (nSPS) is 10.8. The molecular formula is C9H18O4. The molecule has 0 heterocycles. The van der Waals surface area contributed by atoms with Crippen LogP contribution in [0.3, 0.4) is 0 Å². The summed E-state index contributed by atoms with van der Waals surface area (Å²) >= 11 is 0. The van der Waals surface area contributed by atoms with Crippen molar-refractivity contribution in [2.45, 2.75) is 26.1 Å². The molecule has 0 aromatic rings. The summed E-state index contributed by atoms with van der Waals surface area (Å²) in [5.74, 6) is -0.0373. The number of ether oxygens (including phenoxy) is 3. The largest absolute Gasteiger partial charge is 0.382 e. The van der Waals surface area contributed by atoms with Crippen LogP contribution in [0.25, 0.3) is 0 Å². The molecule has 0 bridgehead atoms. The molecular weight excluding hydrogens is 172 g/mol. The van der Waals surface area contributed by atoms with Gasteiger partial charge in [0.05, 0.1) is 0 Å². The fraction of sp³-hybridized carbons (Fsp3) is 0.889. The molecule has 0 aliphatic heterocycles. The Hall–Kier alpha value is -0.450. The number of Topliss-reactive ketones (excluding diaryl/α,β-unsaturated/α-hetero) is 1. The molecule has 0 fully saturated rings. The van der Waals surface area contributed by atoms with E-state index in [0.717, 1.165) is 6.42 Å². The average molecular weight is 190 g/mol. The van der Waals surface area contributed by atoms with E-state index in [2.05, 4.69) is 0 Å². The molecule has 0 aromatic carbocycles. The number of carbonyl (C=O) groups excluding carboxylic acids is 1. The van der Waals surface area contributed by atoms with Crippen LogP contribution in [-0.4, -0.2) is 39.5 Å². The lowest BCUT2D eigenvalue weighted by Gasteiger charge is -2.11. The summed E-state index contributed by atoms with van der Waals surface area (Å²) in [6.45, 7) is 3.23. The van der Waals surface area contributed by atoms with Gasteiger partial charge in [-0.1, -0.05) is 0 Å². The maximum Gasteiger partial charge on any atom is 0.217 e. The zero-order valence-electron chi connectivity index (χ0n) is 8.54. The Morgan fingerprint density at radius 2 is 1.92 bits per heavy atom. The minimum atomic E-state index is -0.721. The number of methoxy groups -OCH3 is 2. The smallest absolute Gasteiger partial charge is 0.217 e. The van der Waals surface area contributed by atoms with E-state index in [1.165, 1.54) is 14.2 Å². The summed E-state index contributed by atoms with van der Waals surface area (Å²) < 4.78 is 14.7. The van der Waals surface area contributed by atoms with Crippen LogP contribution < -0.4 is 0 Å². The van der Waals surface area contributed by atoms with Gasteiger partial charge in [0.2, 0.25) is 6.29 Å². The third kappa shape index (κ3) is 5.74. The van der Waals surface area contributed by atoms with Crippen molar-refractivity contribution in [3.63, 3.8) is 0 Å². The highest BCUT2D eigenvalue weighted by molar-refractivity contribution is 5.81. The summed E-state index contributed by atoms with van der Waals surface area (Å²) in [5.41, 5.74) is 0. The summed E-state index contributed by atoms with van der Waals surface area (Å²) in [4.78, 5) is 11.3. The fourth-order valence-corrected chi connectivity index (χ4v) is 0.970. The molecule has 4 nitrogen and oxygen atoms in total. The zero-order valence-corrected chi connectivity index (χ0v) is 8.54. The molecule has 13 heavy (non-hydrogen) atoms. The highest BCUT2D eigenvalue weighted by Gasteiger charge is 2.15. The van der Waals surface area contributed by atoms with Crippen LogP contribution in [0, 0.1) is 0 Å². The van der Waals surface area contributed by atoms with Gasteiger partial charge in [-0.25, -0.2) is 0 Å². The second kappa shape index (κ2) is 8.16. The Bertz CT molecular complexity index is 132. The molecule has 0 saturated carbocycles. The first-order valence-corrected chi connectivity index (χ1v) is 4.42. The van der Waals surface area contributed by atoms with Crippen LogP contribution in [0.1, 0.15) is 19.8 Å². The second-order valence-corrected chi connectivity index (χ2v) is 2.57. The van der Waals surface area contributed by atoms with Gasteiger partial charge in [0.25, 0.3) is 0 Å². The van der Waals surface area contributed by atoms with Gasteiger partial charge in [0.15, 0.2) is 5.78 Å². The van der Waals surface area contributed by atoms with Crippen LogP contribution in [-0.2, 0) is 19.0 Å². The average Bonchev–Trinajstić information content (AvgIpc) is 2.14. The Kier molecular flexibility index (Phi) is 7.88. The van der Waals surface area contributed by atoms with Gasteiger partial charge in [0, 0.05) is 33.9 Å². The van der Waals surface area contributed by atoms with Crippen molar-refractivity contribution < 1.29 is 19.0 Å². The predicted octanol–water partition coefficient (Wildman–Crippen LogP) is 0.991. The quantitative estimate of drug-likeness (QED) is 0.423. The highest BCUT2D eigenvalue weighted by atomic mass is 16.7. The molecule has 0 aliphatic carbocycles. The zero-order chi connectivity index (χ0) is 10.1. The van der Waals surface area contributed by atoms with Crippen molar-refractivity contribution in [3.8, 4) is 0 Å². The van der Waals surface area contributed by atoms with Crippen LogP contribution >= 0.6 is 0 Å². The highest BCUT2D eigenvalue weighted by Crippen LogP contribution is 2.00. The minimum Gasteiger partial charge on any atom is -0.382 e. The van der Waals surface area contributed by atoms with Crippen molar-refractivity contribution in [1.82, 2.24) is 0 Å². The lowest BCUT2D eigenvalue weighted by molar-refractivity contribution is -0.156. The Morgan fingerprint density at radius 1 is 1.31 bits per heavy atom. The minimum absolute atomic E-state index is 0.0373. The molecule has 0 radical (unpaired) electrons. The van der Waals surface area contributed by atoms with Gasteiger partial charge in [0.1, 0.15) is 0 Å². The topological polar surface area (TPSA) is 44.8 Å². The lowest BCUT2D eigenvalue weighted by Crippen LogP contribution is -2.24. The third-order valence-electron chi connectivity index (χ3n) is 1.61. The first-order chi connectivity index (χ1) is 6.26. The molecule has 0 aromatic heterocycles. The lowest BCUT2D eigenvalue weighted by atomic mass is 10.2. The first kappa shape index (κ1) is 12.6. The van der Waals surface area contributed by atoms with Crippen LogP contribution in [0.15, 0.2) is 0 Å². The summed E-state index contributed by atoms with van der Waals surface area (Å²) in [6.07, 6.45) is 0.434. The number of ketones is 1. The number of hydrogen-bond acceptors (Lipinski definition) is 4. The van der Waals surface area contributed by atoms with E-state index in [1.807, 2.05) is 6.92 Å². The number of rotatable bonds is 8. The van der Waals surface area contributed by atoms with Crippen molar-refractivity contribution in [3.05, 3.63) is 0 Å². The van der Waals surface area contributed by atoms with E-state index in [-0.39, 0.29) is 5.78 Å². The molecule has 0 rings (SSSR count). The number of hydrogen-bond donors (Lipinski definition) is 0. The molecule has 4 heteroatoms. The molecule has 78 valence electrons. The van der Waals surface area contributed by atoms with E-state index in [1.54, 1.807) is 0 Å². The van der Waals surface area contributed by atoms with Crippen LogP contribution in [0.4, 0.5) is 0 Å². The van der Waals surface area contributed by atoms with Crippen LogP contribution in [0.2, 0.25) is 0 Å². The van der Waals surface area contributed by atoms with Gasteiger partial charge < -0.3 is 14.2 Å². The molecule has 0 unspecified atom stereocenters. The Balaban J connectivity index is 3.48. The molecule has 0 N–H and O–H groups in total. The van der Waals surface area contributed by atoms with Gasteiger partial charge >= 0.3 is 0 Å². The van der Waals surface area contributed by atoms with E-state index < -0.39 is 6.29 Å². The van der Waals surface area contributed by atoms with Crippen molar-refractivity contribution in [1.29, 1.82) is 0 Å². The third-order valence-corrected chi connectivity index (χ3v) is 1.61. The van der Waals surface area contributed by atoms with E-state index in [9.17, 15) is 4.79 Å². The van der Waals surface area contributed by atoms with Crippen molar-refractivity contribution in [2.24, 2.45) is 0 Å². The van der Waals surface area contributed by atoms with Gasteiger partial charge in [-0.15, -0.1) is 0 Å². The van der Waals surface area contributed by atoms with Gasteiger partial charge in [-0.2, -0.15) is 0 Å². The van der Waals surface area contributed by atoms with Crippen molar-refractivity contribution >= 4 is 5.78 Å². The van der Waals surface area contributed by atoms with Crippen molar-refractivity contribution in [2.75, 3.05) is 27.4 Å². The van der Waals surface area contributed by atoms with Gasteiger partial charge in [-0.3, -0.25) is 4.79 Å². The summed E-state index contributed by atoms with van der Waals surface area (Å²) in [7, 11) is 2.91. The monoisotopic (exact) mass is 190 g/mol. The Labute approximate surface area is 79.2 Å². The Morgan fingerprint density at radius 3 is 2.38 bits per heavy atom. The number of carbonyl (C=O) groups is 1. The van der Waals surface area contributed by atoms with Crippen LogP contribution in [0.5, 0.6) is 0 Å². The molecule has 0 spiro atoms. The maximum atomic E-state index is 11.3. The molecule has 0 amide bonds.